The Labute approximate surface area is 185 Å². The van der Waals surface area contributed by atoms with Crippen LogP contribution in [-0.2, 0) is 13.1 Å². The molecule has 0 aliphatic carbocycles. The van der Waals surface area contributed by atoms with Crippen LogP contribution in [0.4, 0.5) is 0 Å². The van der Waals surface area contributed by atoms with E-state index in [1.807, 2.05) is 30.3 Å². The van der Waals surface area contributed by atoms with Crippen LogP contribution in [0.2, 0.25) is 0 Å². The average Bonchev–Trinajstić information content (AvgIpc) is 2.71. The second-order valence-corrected chi connectivity index (χ2v) is 6.70. The lowest BCUT2D eigenvalue weighted by atomic mass is 10.1. The van der Waals surface area contributed by atoms with Gasteiger partial charge in [-0.1, -0.05) is 42.5 Å². The van der Waals surface area contributed by atoms with Gasteiger partial charge in [0.2, 0.25) is 0 Å². The molecule has 2 rings (SSSR count). The van der Waals surface area contributed by atoms with Gasteiger partial charge in [0, 0.05) is 32.7 Å². The van der Waals surface area contributed by atoms with Gasteiger partial charge in [-0.25, -0.2) is 0 Å². The molecular formula is C22H30IN5. The monoisotopic (exact) mass is 491 g/mol. The highest BCUT2D eigenvalue weighted by Gasteiger charge is 2.09. The van der Waals surface area contributed by atoms with E-state index in [0.29, 0.717) is 18.2 Å². The van der Waals surface area contributed by atoms with E-state index in [9.17, 15) is 0 Å². The van der Waals surface area contributed by atoms with E-state index in [0.717, 1.165) is 31.0 Å². The number of guanidine groups is 1. The summed E-state index contributed by atoms with van der Waals surface area (Å²) in [6.07, 6.45) is 1.02. The molecule has 0 radical (unpaired) electrons. The zero-order valence-electron chi connectivity index (χ0n) is 16.9. The van der Waals surface area contributed by atoms with Crippen molar-refractivity contribution < 1.29 is 0 Å². The first-order chi connectivity index (χ1) is 13.1. The topological polar surface area (TPSA) is 63.5 Å². The molecule has 0 fully saturated rings. The highest BCUT2D eigenvalue weighted by atomic mass is 127. The minimum atomic E-state index is 0. The van der Waals surface area contributed by atoms with Crippen molar-refractivity contribution in [2.75, 3.05) is 20.6 Å². The summed E-state index contributed by atoms with van der Waals surface area (Å²) in [5, 5.41) is 15.6. The summed E-state index contributed by atoms with van der Waals surface area (Å²) in [4.78, 5) is 6.63. The number of nitriles is 1. The molecule has 2 aromatic rings. The van der Waals surface area contributed by atoms with Crippen molar-refractivity contribution in [2.45, 2.75) is 32.5 Å². The Morgan fingerprint density at radius 2 is 1.82 bits per heavy atom. The fourth-order valence-corrected chi connectivity index (χ4v) is 2.80. The van der Waals surface area contributed by atoms with Crippen molar-refractivity contribution in [2.24, 2.45) is 4.99 Å². The van der Waals surface area contributed by atoms with Crippen LogP contribution >= 0.6 is 24.0 Å². The minimum Gasteiger partial charge on any atom is -0.356 e. The molecule has 0 saturated heterocycles. The summed E-state index contributed by atoms with van der Waals surface area (Å²) in [5.74, 6) is 0.773. The third kappa shape index (κ3) is 8.28. The zero-order chi connectivity index (χ0) is 19.5. The minimum absolute atomic E-state index is 0. The summed E-state index contributed by atoms with van der Waals surface area (Å²) in [6.45, 7) is 4.68. The van der Waals surface area contributed by atoms with Crippen LogP contribution in [0.5, 0.6) is 0 Å². The number of halogens is 1. The second kappa shape index (κ2) is 13.1. The van der Waals surface area contributed by atoms with Crippen LogP contribution < -0.4 is 10.6 Å². The van der Waals surface area contributed by atoms with Gasteiger partial charge >= 0.3 is 0 Å². The molecule has 6 heteroatoms. The van der Waals surface area contributed by atoms with Crippen LogP contribution in [-0.4, -0.2) is 37.5 Å². The number of aliphatic imine (C=N–C) groups is 1. The molecule has 0 aliphatic heterocycles. The summed E-state index contributed by atoms with van der Waals surface area (Å²) < 4.78 is 0. The molecule has 0 amide bonds. The van der Waals surface area contributed by atoms with Crippen molar-refractivity contribution in [3.05, 3.63) is 71.3 Å². The Bertz CT molecular complexity index is 770. The van der Waals surface area contributed by atoms with Gasteiger partial charge < -0.3 is 10.6 Å². The average molecular weight is 491 g/mol. The maximum atomic E-state index is 8.98. The molecule has 0 heterocycles. The third-order valence-electron chi connectivity index (χ3n) is 4.62. The fourth-order valence-electron chi connectivity index (χ4n) is 2.80. The van der Waals surface area contributed by atoms with E-state index in [1.165, 1.54) is 5.56 Å². The van der Waals surface area contributed by atoms with Crippen molar-refractivity contribution in [3.63, 3.8) is 0 Å². The predicted molar refractivity (Wildman–Crippen MR) is 127 cm³/mol. The van der Waals surface area contributed by atoms with Crippen molar-refractivity contribution >= 4 is 29.9 Å². The Morgan fingerprint density at radius 1 is 1.11 bits per heavy atom. The van der Waals surface area contributed by atoms with Crippen LogP contribution in [0.1, 0.15) is 30.0 Å². The first-order valence-corrected chi connectivity index (χ1v) is 9.30. The zero-order valence-corrected chi connectivity index (χ0v) is 19.2. The lowest BCUT2D eigenvalue weighted by Crippen LogP contribution is -2.39. The van der Waals surface area contributed by atoms with Gasteiger partial charge in [0.25, 0.3) is 0 Å². The summed E-state index contributed by atoms with van der Waals surface area (Å²) in [7, 11) is 3.93. The number of nitrogens with one attached hydrogen (secondary N) is 2. The number of hydrogen-bond donors (Lipinski definition) is 2. The van der Waals surface area contributed by atoms with Crippen LogP contribution in [0.25, 0.3) is 0 Å². The smallest absolute Gasteiger partial charge is 0.191 e. The SMILES string of the molecule is CN=C(NCCC(C)N(C)Cc1ccccc1)NCc1cccc(C#N)c1.I. The highest BCUT2D eigenvalue weighted by Crippen LogP contribution is 2.08. The maximum absolute atomic E-state index is 8.98. The summed E-state index contributed by atoms with van der Waals surface area (Å²) in [6, 6.07) is 20.8. The second-order valence-electron chi connectivity index (χ2n) is 6.70. The Kier molecular flexibility index (Phi) is 11.2. The molecule has 1 unspecified atom stereocenters. The normalized spacial score (nSPS) is 12.0. The number of nitrogens with zero attached hydrogens (tertiary/aromatic N) is 3. The van der Waals surface area contributed by atoms with Gasteiger partial charge in [0.1, 0.15) is 0 Å². The van der Waals surface area contributed by atoms with Gasteiger partial charge in [0.05, 0.1) is 11.6 Å². The van der Waals surface area contributed by atoms with E-state index < -0.39 is 0 Å². The standard InChI is InChI=1S/C22H29N5.HI/c1-18(27(3)17-19-8-5-4-6-9-19)12-13-25-22(24-2)26-16-21-11-7-10-20(14-21)15-23;/h4-11,14,18H,12-13,16-17H2,1-3H3,(H2,24,25,26);1H. The lowest BCUT2D eigenvalue weighted by molar-refractivity contribution is 0.238. The molecule has 0 aromatic heterocycles. The molecular weight excluding hydrogens is 461 g/mol. The van der Waals surface area contributed by atoms with Crippen LogP contribution in [0.3, 0.4) is 0 Å². The largest absolute Gasteiger partial charge is 0.356 e. The molecule has 2 N–H and O–H groups in total. The quantitative estimate of drug-likeness (QED) is 0.336. The van der Waals surface area contributed by atoms with Gasteiger partial charge in [-0.15, -0.1) is 24.0 Å². The Balaban J connectivity index is 0.00000392. The fraction of sp³-hybridized carbons (Fsp3) is 0.364. The predicted octanol–water partition coefficient (Wildman–Crippen LogP) is 3.75. The van der Waals surface area contributed by atoms with E-state index in [1.54, 1.807) is 7.05 Å². The highest BCUT2D eigenvalue weighted by molar-refractivity contribution is 14.0. The molecule has 150 valence electrons. The van der Waals surface area contributed by atoms with Crippen LogP contribution in [0.15, 0.2) is 59.6 Å². The Morgan fingerprint density at radius 3 is 2.50 bits per heavy atom. The van der Waals surface area contributed by atoms with Crippen molar-refractivity contribution in [1.82, 2.24) is 15.5 Å². The molecule has 0 bridgehead atoms. The summed E-state index contributed by atoms with van der Waals surface area (Å²) in [5.41, 5.74) is 3.07. The van der Waals surface area contributed by atoms with Crippen LogP contribution in [0, 0.1) is 11.3 Å². The van der Waals surface area contributed by atoms with Crippen molar-refractivity contribution in [3.8, 4) is 6.07 Å². The molecule has 0 saturated carbocycles. The van der Waals surface area contributed by atoms with Gasteiger partial charge in [-0.05, 0) is 43.7 Å². The number of benzene rings is 2. The number of hydrogen-bond acceptors (Lipinski definition) is 3. The Hall–Kier alpha value is -2.11. The van der Waals surface area contributed by atoms with Crippen molar-refractivity contribution in [1.29, 1.82) is 5.26 Å². The molecule has 28 heavy (non-hydrogen) atoms. The van der Waals surface area contributed by atoms with E-state index in [2.05, 4.69) is 64.8 Å². The van der Waals surface area contributed by atoms with E-state index >= 15 is 0 Å². The molecule has 2 aromatic carbocycles. The van der Waals surface area contributed by atoms with Gasteiger partial charge in [-0.3, -0.25) is 9.89 Å². The molecule has 0 spiro atoms. The molecule has 1 atom stereocenters. The van der Waals surface area contributed by atoms with E-state index in [-0.39, 0.29) is 24.0 Å². The lowest BCUT2D eigenvalue weighted by Gasteiger charge is -2.25. The first-order valence-electron chi connectivity index (χ1n) is 9.30. The molecule has 5 nitrogen and oxygen atoms in total. The summed E-state index contributed by atoms with van der Waals surface area (Å²) >= 11 is 0. The van der Waals surface area contributed by atoms with Gasteiger partial charge in [-0.2, -0.15) is 5.26 Å². The third-order valence-corrected chi connectivity index (χ3v) is 4.62. The van der Waals surface area contributed by atoms with E-state index in [4.69, 9.17) is 5.26 Å². The van der Waals surface area contributed by atoms with Gasteiger partial charge in [0.15, 0.2) is 5.96 Å². The number of rotatable bonds is 8. The first kappa shape index (κ1) is 23.9. The maximum Gasteiger partial charge on any atom is 0.191 e. The molecule has 0 aliphatic rings.